The Morgan fingerprint density at radius 2 is 1.94 bits per heavy atom. The molecule has 3 fully saturated rings. The van der Waals surface area contributed by atoms with E-state index in [0.717, 1.165) is 31.7 Å². The molecule has 0 aromatic heterocycles. The van der Waals surface area contributed by atoms with Crippen LogP contribution in [0, 0.1) is 11.8 Å². The quantitative estimate of drug-likeness (QED) is 0.835. The molecule has 3 heteroatoms. The van der Waals surface area contributed by atoms with E-state index in [2.05, 4.69) is 4.90 Å². The summed E-state index contributed by atoms with van der Waals surface area (Å²) in [4.78, 5) is 2.72. The van der Waals surface area contributed by atoms with Gasteiger partial charge in [-0.05, 0) is 44.6 Å². The van der Waals surface area contributed by atoms with Gasteiger partial charge in [0.15, 0.2) is 0 Å². The highest BCUT2D eigenvalue weighted by molar-refractivity contribution is 4.90. The van der Waals surface area contributed by atoms with Gasteiger partial charge in [0.25, 0.3) is 0 Å². The summed E-state index contributed by atoms with van der Waals surface area (Å²) < 4.78 is 5.48. The van der Waals surface area contributed by atoms with E-state index in [1.54, 1.807) is 0 Å². The number of likely N-dealkylation sites (tertiary alicyclic amines) is 1. The van der Waals surface area contributed by atoms with E-state index in [0.29, 0.717) is 12.0 Å². The van der Waals surface area contributed by atoms with Gasteiger partial charge in [-0.1, -0.05) is 12.8 Å². The van der Waals surface area contributed by atoms with Crippen molar-refractivity contribution in [1.29, 1.82) is 0 Å². The first kappa shape index (κ1) is 12.9. The molecule has 1 aliphatic carbocycles. The van der Waals surface area contributed by atoms with Crippen LogP contribution < -0.4 is 5.73 Å². The summed E-state index contributed by atoms with van der Waals surface area (Å²) in [7, 11) is 0. The number of hydrogen-bond donors (Lipinski definition) is 1. The van der Waals surface area contributed by atoms with E-state index in [9.17, 15) is 0 Å². The molecule has 0 radical (unpaired) electrons. The zero-order valence-corrected chi connectivity index (χ0v) is 11.5. The summed E-state index contributed by atoms with van der Waals surface area (Å²) in [5, 5.41) is 0. The van der Waals surface area contributed by atoms with Crippen molar-refractivity contribution < 1.29 is 4.74 Å². The fraction of sp³-hybridized carbons (Fsp3) is 1.00. The van der Waals surface area contributed by atoms with Crippen molar-refractivity contribution in [1.82, 2.24) is 4.90 Å². The number of nitrogens with zero attached hydrogens (tertiary/aromatic N) is 1. The number of hydrogen-bond acceptors (Lipinski definition) is 3. The fourth-order valence-corrected chi connectivity index (χ4v) is 4.26. The molecule has 3 aliphatic rings. The number of rotatable bonds is 3. The summed E-state index contributed by atoms with van der Waals surface area (Å²) in [5.74, 6) is 1.58. The van der Waals surface area contributed by atoms with E-state index < -0.39 is 0 Å². The van der Waals surface area contributed by atoms with Crippen LogP contribution in [-0.2, 0) is 4.74 Å². The van der Waals surface area contributed by atoms with Gasteiger partial charge >= 0.3 is 0 Å². The molecule has 3 rings (SSSR count). The monoisotopic (exact) mass is 252 g/mol. The Morgan fingerprint density at radius 3 is 2.78 bits per heavy atom. The maximum atomic E-state index is 6.41. The predicted molar refractivity (Wildman–Crippen MR) is 73.5 cm³/mol. The van der Waals surface area contributed by atoms with Gasteiger partial charge in [0.05, 0.1) is 6.61 Å². The summed E-state index contributed by atoms with van der Waals surface area (Å²) in [6.07, 6.45) is 9.78. The van der Waals surface area contributed by atoms with Crippen molar-refractivity contribution in [2.24, 2.45) is 17.6 Å². The highest BCUT2D eigenvalue weighted by Crippen LogP contribution is 2.35. The molecule has 4 atom stereocenters. The number of piperidine rings is 1. The Labute approximate surface area is 111 Å². The molecule has 18 heavy (non-hydrogen) atoms. The first-order valence-corrected chi connectivity index (χ1v) is 7.92. The summed E-state index contributed by atoms with van der Waals surface area (Å²) >= 11 is 0. The minimum Gasteiger partial charge on any atom is -0.381 e. The van der Waals surface area contributed by atoms with Gasteiger partial charge < -0.3 is 10.5 Å². The molecular formula is C15H28N2O. The molecule has 4 unspecified atom stereocenters. The Hall–Kier alpha value is -0.120. The summed E-state index contributed by atoms with van der Waals surface area (Å²) in [5.41, 5.74) is 6.41. The van der Waals surface area contributed by atoms with E-state index in [1.165, 1.54) is 51.5 Å². The zero-order valence-electron chi connectivity index (χ0n) is 11.5. The van der Waals surface area contributed by atoms with Crippen molar-refractivity contribution in [3.05, 3.63) is 0 Å². The lowest BCUT2D eigenvalue weighted by Gasteiger charge is -2.45. The SMILES string of the molecule is NC(CN1CCCC2CCCCC21)C1CCOC1. The van der Waals surface area contributed by atoms with Gasteiger partial charge in [0, 0.05) is 31.2 Å². The first-order chi connectivity index (χ1) is 8.84. The third-order valence-corrected chi connectivity index (χ3v) is 5.37. The lowest BCUT2D eigenvalue weighted by Crippen LogP contribution is -2.52. The van der Waals surface area contributed by atoms with Gasteiger partial charge in [-0.2, -0.15) is 0 Å². The Morgan fingerprint density at radius 1 is 1.11 bits per heavy atom. The van der Waals surface area contributed by atoms with Crippen LogP contribution in [0.5, 0.6) is 0 Å². The molecule has 0 amide bonds. The molecule has 0 spiro atoms. The minimum atomic E-state index is 0.327. The molecule has 0 aromatic carbocycles. The first-order valence-electron chi connectivity index (χ1n) is 7.92. The third kappa shape index (κ3) is 2.73. The van der Waals surface area contributed by atoms with Crippen molar-refractivity contribution in [3.8, 4) is 0 Å². The lowest BCUT2D eigenvalue weighted by molar-refractivity contribution is 0.0500. The second-order valence-corrected chi connectivity index (χ2v) is 6.54. The minimum absolute atomic E-state index is 0.327. The van der Waals surface area contributed by atoms with E-state index in [1.807, 2.05) is 0 Å². The average Bonchev–Trinajstić information content (AvgIpc) is 2.93. The Kier molecular flexibility index (Phi) is 4.22. The summed E-state index contributed by atoms with van der Waals surface area (Å²) in [6.45, 7) is 4.20. The highest BCUT2D eigenvalue weighted by Gasteiger charge is 2.35. The van der Waals surface area contributed by atoms with Gasteiger partial charge in [0.1, 0.15) is 0 Å². The molecule has 2 N–H and O–H groups in total. The predicted octanol–water partition coefficient (Wildman–Crippen LogP) is 2.00. The van der Waals surface area contributed by atoms with Crippen LogP contribution in [0.25, 0.3) is 0 Å². The van der Waals surface area contributed by atoms with Gasteiger partial charge in [-0.25, -0.2) is 0 Å². The molecule has 2 heterocycles. The maximum absolute atomic E-state index is 6.41. The topological polar surface area (TPSA) is 38.5 Å². The number of ether oxygens (including phenoxy) is 1. The molecule has 1 saturated carbocycles. The largest absolute Gasteiger partial charge is 0.381 e. The molecule has 104 valence electrons. The normalized spacial score (nSPS) is 39.5. The van der Waals surface area contributed by atoms with Gasteiger partial charge in [0.2, 0.25) is 0 Å². The van der Waals surface area contributed by atoms with Gasteiger partial charge in [-0.15, -0.1) is 0 Å². The smallest absolute Gasteiger partial charge is 0.0510 e. The standard InChI is InChI=1S/C15H28N2O/c16-14(13-7-9-18-11-13)10-17-8-3-5-12-4-1-2-6-15(12)17/h12-15H,1-11,16H2. The molecule has 3 nitrogen and oxygen atoms in total. The summed E-state index contributed by atoms with van der Waals surface area (Å²) in [6, 6.07) is 1.18. The van der Waals surface area contributed by atoms with Crippen LogP contribution in [0.3, 0.4) is 0 Å². The van der Waals surface area contributed by atoms with Crippen LogP contribution >= 0.6 is 0 Å². The van der Waals surface area contributed by atoms with Crippen molar-refractivity contribution >= 4 is 0 Å². The van der Waals surface area contributed by atoms with Crippen LogP contribution in [0.4, 0.5) is 0 Å². The zero-order chi connectivity index (χ0) is 12.4. The second kappa shape index (κ2) is 5.89. The number of nitrogens with two attached hydrogens (primary N) is 1. The van der Waals surface area contributed by atoms with Crippen LogP contribution in [0.2, 0.25) is 0 Å². The molecule has 2 saturated heterocycles. The molecule has 0 aromatic rings. The van der Waals surface area contributed by atoms with Crippen molar-refractivity contribution in [2.45, 2.75) is 57.0 Å². The Balaban J connectivity index is 1.56. The Bertz CT molecular complexity index is 263. The van der Waals surface area contributed by atoms with E-state index in [-0.39, 0.29) is 0 Å². The average molecular weight is 252 g/mol. The van der Waals surface area contributed by atoms with Crippen LogP contribution in [0.15, 0.2) is 0 Å². The second-order valence-electron chi connectivity index (χ2n) is 6.54. The van der Waals surface area contributed by atoms with Crippen molar-refractivity contribution in [2.75, 3.05) is 26.3 Å². The van der Waals surface area contributed by atoms with E-state index in [4.69, 9.17) is 10.5 Å². The van der Waals surface area contributed by atoms with Crippen LogP contribution in [0.1, 0.15) is 44.9 Å². The maximum Gasteiger partial charge on any atom is 0.0510 e. The van der Waals surface area contributed by atoms with E-state index >= 15 is 0 Å². The van der Waals surface area contributed by atoms with Gasteiger partial charge in [-0.3, -0.25) is 4.90 Å². The highest BCUT2D eigenvalue weighted by atomic mass is 16.5. The molecular weight excluding hydrogens is 224 g/mol. The van der Waals surface area contributed by atoms with Crippen molar-refractivity contribution in [3.63, 3.8) is 0 Å². The fourth-order valence-electron chi connectivity index (χ4n) is 4.26. The molecule has 0 bridgehead atoms. The molecule has 2 aliphatic heterocycles. The van der Waals surface area contributed by atoms with Crippen LogP contribution in [-0.4, -0.2) is 43.3 Å². The lowest BCUT2D eigenvalue weighted by atomic mass is 9.78. The number of fused-ring (bicyclic) bond motifs is 1. The third-order valence-electron chi connectivity index (χ3n) is 5.37.